The van der Waals surface area contributed by atoms with E-state index in [0.717, 1.165) is 16.8 Å². The number of carbonyl (C=O) groups excluding carboxylic acids is 1. The van der Waals surface area contributed by atoms with E-state index >= 15 is 0 Å². The molecule has 0 aliphatic carbocycles. The number of likely N-dealkylation sites (N-methyl/N-ethyl adjacent to an activating group) is 1. The fourth-order valence-corrected chi connectivity index (χ4v) is 3.17. The van der Waals surface area contributed by atoms with E-state index in [1.165, 1.54) is 10.5 Å². The summed E-state index contributed by atoms with van der Waals surface area (Å²) in [6.45, 7) is 1.87. The molecule has 0 spiro atoms. The van der Waals surface area contributed by atoms with Gasteiger partial charge in [-0.2, -0.15) is 0 Å². The SMILES string of the molecule is CN(CC(=O)NCCSc1ccc(Br)cc1)Cc1ccccc1. The highest BCUT2D eigenvalue weighted by Crippen LogP contribution is 2.19. The van der Waals surface area contributed by atoms with Gasteiger partial charge in [0.1, 0.15) is 0 Å². The van der Waals surface area contributed by atoms with Gasteiger partial charge < -0.3 is 5.32 Å². The minimum Gasteiger partial charge on any atom is -0.354 e. The van der Waals surface area contributed by atoms with E-state index in [4.69, 9.17) is 0 Å². The van der Waals surface area contributed by atoms with Gasteiger partial charge in [0.15, 0.2) is 0 Å². The molecule has 2 rings (SSSR count). The molecule has 23 heavy (non-hydrogen) atoms. The predicted molar refractivity (Wildman–Crippen MR) is 101 cm³/mol. The minimum absolute atomic E-state index is 0.0693. The van der Waals surface area contributed by atoms with Gasteiger partial charge in [-0.15, -0.1) is 11.8 Å². The molecule has 0 atom stereocenters. The smallest absolute Gasteiger partial charge is 0.234 e. The molecule has 0 saturated carbocycles. The molecule has 0 aromatic heterocycles. The third kappa shape index (κ3) is 7.20. The number of rotatable bonds is 8. The predicted octanol–water partition coefficient (Wildman–Crippen LogP) is 3.79. The maximum Gasteiger partial charge on any atom is 0.234 e. The fraction of sp³-hybridized carbons (Fsp3) is 0.278. The summed E-state index contributed by atoms with van der Waals surface area (Å²) < 4.78 is 1.08. The van der Waals surface area contributed by atoms with Crippen LogP contribution in [0.2, 0.25) is 0 Å². The largest absolute Gasteiger partial charge is 0.354 e. The van der Waals surface area contributed by atoms with Crippen LogP contribution in [0.1, 0.15) is 5.56 Å². The molecule has 2 aromatic carbocycles. The summed E-state index contributed by atoms with van der Waals surface area (Å²) >= 11 is 5.17. The van der Waals surface area contributed by atoms with Crippen LogP contribution in [0, 0.1) is 0 Å². The van der Waals surface area contributed by atoms with Crippen LogP contribution >= 0.6 is 27.7 Å². The zero-order valence-corrected chi connectivity index (χ0v) is 15.6. The van der Waals surface area contributed by atoms with Crippen molar-refractivity contribution in [1.29, 1.82) is 0 Å². The second kappa shape index (κ2) is 9.75. The van der Waals surface area contributed by atoms with Crippen molar-refractivity contribution in [3.05, 3.63) is 64.6 Å². The molecule has 5 heteroatoms. The molecular formula is C18H21BrN2OS. The van der Waals surface area contributed by atoms with Crippen LogP contribution in [0.5, 0.6) is 0 Å². The van der Waals surface area contributed by atoms with Crippen LogP contribution in [-0.4, -0.2) is 36.7 Å². The van der Waals surface area contributed by atoms with Crippen LogP contribution < -0.4 is 5.32 Å². The summed E-state index contributed by atoms with van der Waals surface area (Å²) in [5, 5.41) is 2.97. The summed E-state index contributed by atoms with van der Waals surface area (Å²) in [5.41, 5.74) is 1.22. The molecule has 3 nitrogen and oxygen atoms in total. The van der Waals surface area contributed by atoms with E-state index < -0.39 is 0 Å². The number of hydrogen-bond acceptors (Lipinski definition) is 3. The Morgan fingerprint density at radius 1 is 1.13 bits per heavy atom. The van der Waals surface area contributed by atoms with Crippen molar-refractivity contribution >= 4 is 33.6 Å². The summed E-state index contributed by atoms with van der Waals surface area (Å²) in [4.78, 5) is 15.2. The fourth-order valence-electron chi connectivity index (χ4n) is 2.14. The van der Waals surface area contributed by atoms with Gasteiger partial charge in [-0.25, -0.2) is 0 Å². The van der Waals surface area contributed by atoms with Crippen LogP contribution in [0.3, 0.4) is 0 Å². The lowest BCUT2D eigenvalue weighted by atomic mass is 10.2. The molecule has 0 unspecified atom stereocenters. The number of benzene rings is 2. The molecule has 1 amide bonds. The summed E-state index contributed by atoms with van der Waals surface area (Å²) in [6.07, 6.45) is 0. The van der Waals surface area contributed by atoms with Gasteiger partial charge in [0, 0.05) is 28.2 Å². The second-order valence-corrected chi connectivity index (χ2v) is 7.39. The lowest BCUT2D eigenvalue weighted by Crippen LogP contribution is -2.35. The molecule has 1 N–H and O–H groups in total. The first-order chi connectivity index (χ1) is 11.1. The van der Waals surface area contributed by atoms with E-state index in [2.05, 4.69) is 45.5 Å². The molecule has 122 valence electrons. The van der Waals surface area contributed by atoms with Crippen LogP contribution in [0.25, 0.3) is 0 Å². The van der Waals surface area contributed by atoms with Gasteiger partial charge in [0.05, 0.1) is 6.54 Å². The van der Waals surface area contributed by atoms with Crippen molar-refractivity contribution in [2.45, 2.75) is 11.4 Å². The standard InChI is InChI=1S/C18H21BrN2OS/c1-21(13-15-5-3-2-4-6-15)14-18(22)20-11-12-23-17-9-7-16(19)8-10-17/h2-10H,11-14H2,1H3,(H,20,22). The molecule has 0 aliphatic rings. The Hall–Kier alpha value is -1.30. The van der Waals surface area contributed by atoms with E-state index in [1.54, 1.807) is 11.8 Å². The Labute approximate surface area is 150 Å². The summed E-state index contributed by atoms with van der Waals surface area (Å²) in [7, 11) is 1.96. The van der Waals surface area contributed by atoms with Crippen LogP contribution in [0.15, 0.2) is 64.0 Å². The van der Waals surface area contributed by atoms with Crippen LogP contribution in [0.4, 0.5) is 0 Å². The first-order valence-corrected chi connectivity index (χ1v) is 9.29. The van der Waals surface area contributed by atoms with E-state index in [-0.39, 0.29) is 5.91 Å². The Morgan fingerprint density at radius 3 is 2.52 bits per heavy atom. The zero-order valence-electron chi connectivity index (χ0n) is 13.2. The Balaban J connectivity index is 1.62. The van der Waals surface area contributed by atoms with Gasteiger partial charge in [-0.05, 0) is 36.9 Å². The third-order valence-corrected chi connectivity index (χ3v) is 4.76. The van der Waals surface area contributed by atoms with Crippen molar-refractivity contribution in [3.8, 4) is 0 Å². The molecule has 0 heterocycles. The van der Waals surface area contributed by atoms with Crippen molar-refractivity contribution in [2.24, 2.45) is 0 Å². The number of nitrogens with one attached hydrogen (secondary N) is 1. The second-order valence-electron chi connectivity index (χ2n) is 5.31. The number of nitrogens with zero attached hydrogens (tertiary/aromatic N) is 1. The highest BCUT2D eigenvalue weighted by molar-refractivity contribution is 9.10. The van der Waals surface area contributed by atoms with Crippen molar-refractivity contribution in [2.75, 3.05) is 25.9 Å². The van der Waals surface area contributed by atoms with Gasteiger partial charge in [0.25, 0.3) is 0 Å². The lowest BCUT2D eigenvalue weighted by Gasteiger charge is -2.16. The topological polar surface area (TPSA) is 32.3 Å². The number of thioether (sulfide) groups is 1. The van der Waals surface area contributed by atoms with E-state index in [1.807, 2.05) is 42.3 Å². The Bertz CT molecular complexity index is 604. The van der Waals surface area contributed by atoms with Crippen LogP contribution in [-0.2, 0) is 11.3 Å². The van der Waals surface area contributed by atoms with Gasteiger partial charge >= 0.3 is 0 Å². The number of halogens is 1. The summed E-state index contributed by atoms with van der Waals surface area (Å²) in [6, 6.07) is 18.4. The monoisotopic (exact) mass is 392 g/mol. The van der Waals surface area contributed by atoms with Crippen molar-refractivity contribution < 1.29 is 4.79 Å². The molecule has 2 aromatic rings. The first-order valence-electron chi connectivity index (χ1n) is 7.51. The molecule has 0 radical (unpaired) electrons. The van der Waals surface area contributed by atoms with E-state index in [9.17, 15) is 4.79 Å². The molecule has 0 fully saturated rings. The average Bonchev–Trinajstić information content (AvgIpc) is 2.54. The maximum absolute atomic E-state index is 11.9. The number of hydrogen-bond donors (Lipinski definition) is 1. The maximum atomic E-state index is 11.9. The Kier molecular flexibility index (Phi) is 7.65. The van der Waals surface area contributed by atoms with Gasteiger partial charge in [-0.1, -0.05) is 46.3 Å². The van der Waals surface area contributed by atoms with Gasteiger partial charge in [0.2, 0.25) is 5.91 Å². The zero-order chi connectivity index (χ0) is 16.5. The van der Waals surface area contributed by atoms with Crippen molar-refractivity contribution in [1.82, 2.24) is 10.2 Å². The average molecular weight is 393 g/mol. The highest BCUT2D eigenvalue weighted by Gasteiger charge is 2.06. The minimum atomic E-state index is 0.0693. The first kappa shape index (κ1) is 18.0. The third-order valence-electron chi connectivity index (χ3n) is 3.22. The number of amides is 1. The molecule has 0 bridgehead atoms. The summed E-state index contributed by atoms with van der Waals surface area (Å²) in [5.74, 6) is 0.940. The quantitative estimate of drug-likeness (QED) is 0.547. The lowest BCUT2D eigenvalue weighted by molar-refractivity contribution is -0.121. The normalized spacial score (nSPS) is 10.7. The van der Waals surface area contributed by atoms with Crippen molar-refractivity contribution in [3.63, 3.8) is 0 Å². The number of carbonyl (C=O) groups is 1. The molecule has 0 saturated heterocycles. The molecular weight excluding hydrogens is 372 g/mol. The van der Waals surface area contributed by atoms with E-state index in [0.29, 0.717) is 13.1 Å². The Morgan fingerprint density at radius 2 is 1.83 bits per heavy atom. The highest BCUT2D eigenvalue weighted by atomic mass is 79.9. The van der Waals surface area contributed by atoms with Gasteiger partial charge in [-0.3, -0.25) is 9.69 Å². The molecule has 0 aliphatic heterocycles.